The molecule has 0 heterocycles. The third kappa shape index (κ3) is 2.49. The van der Waals surface area contributed by atoms with Gasteiger partial charge in [0.1, 0.15) is 0 Å². The lowest BCUT2D eigenvalue weighted by Crippen LogP contribution is -2.08. The maximum absolute atomic E-state index is 12.9. The van der Waals surface area contributed by atoms with Gasteiger partial charge in [-0.1, -0.05) is 6.07 Å². The Hall–Kier alpha value is -1.00. The summed E-state index contributed by atoms with van der Waals surface area (Å²) in [5.74, 6) is -2.95. The minimum absolute atomic E-state index is 0.187. The van der Waals surface area contributed by atoms with E-state index >= 15 is 0 Å². The van der Waals surface area contributed by atoms with Crippen LogP contribution in [0, 0.1) is 0 Å². The Balaban J connectivity index is 3.17. The average Bonchev–Trinajstić information content (AvgIpc) is 2.15. The fraction of sp³-hybridized carbons (Fsp3) is 0.400. The van der Waals surface area contributed by atoms with Gasteiger partial charge >= 0.3 is 0 Å². The molecule has 0 unspecified atom stereocenters. The molecule has 0 aliphatic carbocycles. The zero-order valence-electron chi connectivity index (χ0n) is 7.80. The van der Waals surface area contributed by atoms with Gasteiger partial charge in [-0.2, -0.15) is 0 Å². The quantitative estimate of drug-likeness (QED) is 0.784. The van der Waals surface area contributed by atoms with E-state index in [-0.39, 0.29) is 18.8 Å². The van der Waals surface area contributed by atoms with Crippen molar-refractivity contribution in [2.24, 2.45) is 0 Å². The fourth-order valence-electron chi connectivity index (χ4n) is 1.20. The molecular formula is C10H12F2O2. The molecule has 0 aliphatic rings. The fourth-order valence-corrected chi connectivity index (χ4v) is 1.20. The van der Waals surface area contributed by atoms with E-state index in [1.807, 2.05) is 0 Å². The molecule has 0 amide bonds. The van der Waals surface area contributed by atoms with Crippen LogP contribution in [-0.4, -0.2) is 10.2 Å². The Morgan fingerprint density at radius 1 is 1.07 bits per heavy atom. The van der Waals surface area contributed by atoms with E-state index in [9.17, 15) is 8.78 Å². The third-order valence-corrected chi connectivity index (χ3v) is 1.92. The Morgan fingerprint density at radius 3 is 1.79 bits per heavy atom. The van der Waals surface area contributed by atoms with Gasteiger partial charge in [0.2, 0.25) is 0 Å². The number of rotatable bonds is 3. The van der Waals surface area contributed by atoms with Crippen molar-refractivity contribution in [3.05, 3.63) is 34.9 Å². The van der Waals surface area contributed by atoms with Crippen LogP contribution in [0.15, 0.2) is 18.2 Å². The summed E-state index contributed by atoms with van der Waals surface area (Å²) in [5, 5.41) is 17.6. The van der Waals surface area contributed by atoms with Crippen molar-refractivity contribution in [1.29, 1.82) is 0 Å². The highest BCUT2D eigenvalue weighted by molar-refractivity contribution is 5.31. The van der Waals surface area contributed by atoms with Gasteiger partial charge in [-0.3, -0.25) is 0 Å². The molecule has 2 nitrogen and oxygen atoms in total. The van der Waals surface area contributed by atoms with Crippen LogP contribution in [0.5, 0.6) is 0 Å². The average molecular weight is 202 g/mol. The molecule has 0 spiro atoms. The Morgan fingerprint density at radius 2 is 1.50 bits per heavy atom. The van der Waals surface area contributed by atoms with Crippen LogP contribution in [0.1, 0.15) is 23.6 Å². The van der Waals surface area contributed by atoms with Crippen molar-refractivity contribution < 1.29 is 19.0 Å². The molecular weight excluding hydrogens is 190 g/mol. The Bertz CT molecular complexity index is 296. The maximum Gasteiger partial charge on any atom is 0.270 e. The smallest absolute Gasteiger partial charge is 0.270 e. The minimum Gasteiger partial charge on any atom is -0.392 e. The molecule has 1 rings (SSSR count). The zero-order valence-corrected chi connectivity index (χ0v) is 7.80. The van der Waals surface area contributed by atoms with E-state index in [4.69, 9.17) is 10.2 Å². The van der Waals surface area contributed by atoms with Gasteiger partial charge in [-0.25, -0.2) is 8.78 Å². The second-order valence-electron chi connectivity index (χ2n) is 3.24. The summed E-state index contributed by atoms with van der Waals surface area (Å²) in [5.41, 5.74) is 0.578. The lowest BCUT2D eigenvalue weighted by atomic mass is 10.0. The summed E-state index contributed by atoms with van der Waals surface area (Å²) < 4.78 is 25.8. The SMILES string of the molecule is CC(F)(F)c1cc(CO)cc(CO)c1. The summed E-state index contributed by atoms with van der Waals surface area (Å²) in [6.07, 6.45) is 0. The van der Waals surface area contributed by atoms with Gasteiger partial charge < -0.3 is 10.2 Å². The third-order valence-electron chi connectivity index (χ3n) is 1.92. The van der Waals surface area contributed by atoms with Crippen LogP contribution < -0.4 is 0 Å². The summed E-state index contributed by atoms with van der Waals surface area (Å²) in [4.78, 5) is 0. The minimum atomic E-state index is -2.95. The summed E-state index contributed by atoms with van der Waals surface area (Å²) in [6, 6.07) is 3.97. The lowest BCUT2D eigenvalue weighted by Gasteiger charge is -2.13. The normalized spacial score (nSPS) is 11.8. The van der Waals surface area contributed by atoms with Crippen molar-refractivity contribution in [1.82, 2.24) is 0 Å². The highest BCUT2D eigenvalue weighted by atomic mass is 19.3. The molecule has 0 radical (unpaired) electrons. The predicted molar refractivity (Wildman–Crippen MR) is 47.9 cm³/mol. The van der Waals surface area contributed by atoms with Gasteiger partial charge in [-0.05, 0) is 23.3 Å². The molecule has 0 atom stereocenters. The first kappa shape index (κ1) is 11.1. The molecule has 0 aromatic heterocycles. The second-order valence-corrected chi connectivity index (χ2v) is 3.24. The Labute approximate surface area is 80.8 Å². The largest absolute Gasteiger partial charge is 0.392 e. The van der Waals surface area contributed by atoms with Crippen molar-refractivity contribution in [3.8, 4) is 0 Å². The topological polar surface area (TPSA) is 40.5 Å². The van der Waals surface area contributed by atoms with Gasteiger partial charge in [-0.15, -0.1) is 0 Å². The van der Waals surface area contributed by atoms with Gasteiger partial charge in [0.05, 0.1) is 13.2 Å². The monoisotopic (exact) mass is 202 g/mol. The first-order chi connectivity index (χ1) is 6.47. The molecule has 0 saturated carbocycles. The number of halogens is 2. The first-order valence-corrected chi connectivity index (χ1v) is 4.20. The van der Waals surface area contributed by atoms with Crippen LogP contribution in [0.25, 0.3) is 0 Å². The van der Waals surface area contributed by atoms with Crippen molar-refractivity contribution >= 4 is 0 Å². The van der Waals surface area contributed by atoms with E-state index in [2.05, 4.69) is 0 Å². The molecule has 2 N–H and O–H groups in total. The summed E-state index contributed by atoms with van der Waals surface area (Å²) in [6.45, 7) is 0.165. The Kier molecular flexibility index (Phi) is 3.18. The molecule has 0 fully saturated rings. The number of aliphatic hydroxyl groups is 2. The number of aliphatic hydroxyl groups excluding tert-OH is 2. The highest BCUT2D eigenvalue weighted by Gasteiger charge is 2.24. The predicted octanol–water partition coefficient (Wildman–Crippen LogP) is 1.78. The zero-order chi connectivity index (χ0) is 10.8. The van der Waals surface area contributed by atoms with Gasteiger partial charge in [0, 0.05) is 12.5 Å². The number of alkyl halides is 2. The van der Waals surface area contributed by atoms with Crippen LogP contribution in [0.2, 0.25) is 0 Å². The van der Waals surface area contributed by atoms with E-state index in [0.29, 0.717) is 11.1 Å². The van der Waals surface area contributed by atoms with Crippen molar-refractivity contribution in [2.75, 3.05) is 0 Å². The molecule has 0 saturated heterocycles. The standard InChI is InChI=1S/C10H12F2O2/c1-10(11,12)9-3-7(5-13)2-8(4-9)6-14/h2-4,13-14H,5-6H2,1H3. The molecule has 14 heavy (non-hydrogen) atoms. The number of hydrogen-bond acceptors (Lipinski definition) is 2. The molecule has 78 valence electrons. The molecule has 0 aliphatic heterocycles. The highest BCUT2D eigenvalue weighted by Crippen LogP contribution is 2.28. The van der Waals surface area contributed by atoms with E-state index in [1.54, 1.807) is 0 Å². The van der Waals surface area contributed by atoms with Crippen molar-refractivity contribution in [3.63, 3.8) is 0 Å². The molecule has 0 bridgehead atoms. The lowest BCUT2D eigenvalue weighted by molar-refractivity contribution is 0.0171. The number of benzene rings is 1. The maximum atomic E-state index is 12.9. The van der Waals surface area contributed by atoms with Gasteiger partial charge in [0.15, 0.2) is 0 Å². The summed E-state index contributed by atoms with van der Waals surface area (Å²) in [7, 11) is 0. The molecule has 4 heteroatoms. The van der Waals surface area contributed by atoms with Crippen LogP contribution in [0.4, 0.5) is 8.78 Å². The van der Waals surface area contributed by atoms with E-state index in [0.717, 1.165) is 6.92 Å². The van der Waals surface area contributed by atoms with Crippen LogP contribution >= 0.6 is 0 Å². The second kappa shape index (κ2) is 4.02. The van der Waals surface area contributed by atoms with Crippen LogP contribution in [-0.2, 0) is 19.1 Å². The van der Waals surface area contributed by atoms with Gasteiger partial charge in [0.25, 0.3) is 5.92 Å². The number of hydrogen-bond donors (Lipinski definition) is 2. The molecule has 1 aromatic carbocycles. The molecule has 1 aromatic rings. The van der Waals surface area contributed by atoms with E-state index in [1.165, 1.54) is 18.2 Å². The first-order valence-electron chi connectivity index (χ1n) is 4.20. The van der Waals surface area contributed by atoms with Crippen molar-refractivity contribution in [2.45, 2.75) is 26.1 Å². The summed E-state index contributed by atoms with van der Waals surface area (Å²) >= 11 is 0. The van der Waals surface area contributed by atoms with E-state index < -0.39 is 5.92 Å². The van der Waals surface area contributed by atoms with Crippen LogP contribution in [0.3, 0.4) is 0 Å².